The molecule has 0 saturated carbocycles. The van der Waals surface area contributed by atoms with Gasteiger partial charge in [0, 0.05) is 19.5 Å². The van der Waals surface area contributed by atoms with Crippen LogP contribution in [0.25, 0.3) is 0 Å². The Labute approximate surface area is 106 Å². The topological polar surface area (TPSA) is 64.3 Å². The van der Waals surface area contributed by atoms with Crippen LogP contribution in [0, 0.1) is 5.82 Å². The molecular formula is C13H19FN2O2. The number of hydrogen-bond acceptors (Lipinski definition) is 3. The highest BCUT2D eigenvalue weighted by Gasteiger charge is 2.04. The number of hydrogen-bond donors (Lipinski definition) is 2. The largest absolute Gasteiger partial charge is 0.491 e. The summed E-state index contributed by atoms with van der Waals surface area (Å²) in [4.78, 5) is 11.2. The second-order valence-corrected chi connectivity index (χ2v) is 3.84. The summed E-state index contributed by atoms with van der Waals surface area (Å²) >= 11 is 0. The van der Waals surface area contributed by atoms with E-state index in [0.29, 0.717) is 32.5 Å². The molecule has 1 aromatic rings. The van der Waals surface area contributed by atoms with Gasteiger partial charge in [0.25, 0.3) is 0 Å². The van der Waals surface area contributed by atoms with Gasteiger partial charge in [0.2, 0.25) is 5.91 Å². The fourth-order valence-electron chi connectivity index (χ4n) is 1.54. The van der Waals surface area contributed by atoms with Gasteiger partial charge in [0.05, 0.1) is 6.61 Å². The number of benzene rings is 1. The van der Waals surface area contributed by atoms with Crippen molar-refractivity contribution in [2.24, 2.45) is 5.73 Å². The summed E-state index contributed by atoms with van der Waals surface area (Å²) in [7, 11) is 0. The van der Waals surface area contributed by atoms with Crippen molar-refractivity contribution in [3.63, 3.8) is 0 Å². The molecule has 4 nitrogen and oxygen atoms in total. The van der Waals surface area contributed by atoms with Gasteiger partial charge in [0.1, 0.15) is 0 Å². The monoisotopic (exact) mass is 254 g/mol. The molecule has 100 valence electrons. The van der Waals surface area contributed by atoms with E-state index in [2.05, 4.69) is 5.32 Å². The lowest BCUT2D eigenvalue weighted by Gasteiger charge is -2.07. The maximum absolute atomic E-state index is 13.5. The Morgan fingerprint density at radius 3 is 2.89 bits per heavy atom. The molecule has 0 bridgehead atoms. The van der Waals surface area contributed by atoms with Crippen molar-refractivity contribution in [2.45, 2.75) is 19.8 Å². The van der Waals surface area contributed by atoms with Gasteiger partial charge >= 0.3 is 0 Å². The van der Waals surface area contributed by atoms with Gasteiger partial charge in [-0.25, -0.2) is 4.39 Å². The van der Waals surface area contributed by atoms with Gasteiger partial charge in [-0.05, 0) is 31.0 Å². The summed E-state index contributed by atoms with van der Waals surface area (Å²) in [5.41, 5.74) is 6.08. The van der Waals surface area contributed by atoms with Crippen LogP contribution in [0.2, 0.25) is 0 Å². The predicted molar refractivity (Wildman–Crippen MR) is 68.0 cm³/mol. The fraction of sp³-hybridized carbons (Fsp3) is 0.462. The highest BCUT2D eigenvalue weighted by atomic mass is 19.1. The van der Waals surface area contributed by atoms with Crippen LogP contribution in [0.15, 0.2) is 18.2 Å². The second kappa shape index (κ2) is 7.66. The molecule has 1 aromatic carbocycles. The number of halogens is 1. The summed E-state index contributed by atoms with van der Waals surface area (Å²) in [5.74, 6) is -0.194. The Morgan fingerprint density at radius 2 is 2.28 bits per heavy atom. The number of carbonyl (C=O) groups excluding carboxylic acids is 1. The zero-order valence-corrected chi connectivity index (χ0v) is 10.5. The van der Waals surface area contributed by atoms with Crippen LogP contribution in [0.5, 0.6) is 5.75 Å². The Kier molecular flexibility index (Phi) is 6.14. The standard InChI is InChI=1S/C13H19FN2O2/c1-2-18-12-4-3-10(9-11(12)14)6-8-16-13(17)5-7-15/h3-4,9H,2,5-8,15H2,1H3,(H,16,17). The third kappa shape index (κ3) is 4.71. The molecule has 0 atom stereocenters. The van der Waals surface area contributed by atoms with Crippen molar-refractivity contribution in [1.82, 2.24) is 5.32 Å². The number of ether oxygens (including phenoxy) is 1. The van der Waals surface area contributed by atoms with Crippen molar-refractivity contribution in [3.8, 4) is 5.75 Å². The molecule has 0 radical (unpaired) electrons. The quantitative estimate of drug-likeness (QED) is 0.769. The van der Waals surface area contributed by atoms with Crippen molar-refractivity contribution in [1.29, 1.82) is 0 Å². The zero-order chi connectivity index (χ0) is 13.4. The highest BCUT2D eigenvalue weighted by molar-refractivity contribution is 5.75. The molecule has 0 unspecified atom stereocenters. The van der Waals surface area contributed by atoms with Gasteiger partial charge in [-0.1, -0.05) is 6.07 Å². The Hall–Kier alpha value is -1.62. The van der Waals surface area contributed by atoms with Crippen molar-refractivity contribution >= 4 is 5.91 Å². The summed E-state index contributed by atoms with van der Waals surface area (Å²) < 4.78 is 18.6. The summed E-state index contributed by atoms with van der Waals surface area (Å²) in [6.45, 7) is 3.06. The molecule has 18 heavy (non-hydrogen) atoms. The average Bonchev–Trinajstić information content (AvgIpc) is 2.33. The molecule has 0 aliphatic carbocycles. The van der Waals surface area contributed by atoms with Crippen LogP contribution in [0.3, 0.4) is 0 Å². The number of carbonyl (C=O) groups is 1. The van der Waals surface area contributed by atoms with Gasteiger partial charge in [-0.2, -0.15) is 0 Å². The van der Waals surface area contributed by atoms with Gasteiger partial charge in [-0.15, -0.1) is 0 Å². The Morgan fingerprint density at radius 1 is 1.50 bits per heavy atom. The molecule has 0 fully saturated rings. The first kappa shape index (κ1) is 14.4. The van der Waals surface area contributed by atoms with Crippen molar-refractivity contribution in [2.75, 3.05) is 19.7 Å². The van der Waals surface area contributed by atoms with E-state index in [9.17, 15) is 9.18 Å². The molecule has 0 aliphatic heterocycles. The molecular weight excluding hydrogens is 235 g/mol. The maximum atomic E-state index is 13.5. The van der Waals surface area contributed by atoms with Gasteiger partial charge in [-0.3, -0.25) is 4.79 Å². The molecule has 5 heteroatoms. The Balaban J connectivity index is 2.43. The predicted octanol–water partition coefficient (Wildman–Crippen LogP) is 1.23. The third-order valence-corrected chi connectivity index (χ3v) is 2.40. The first-order valence-electron chi connectivity index (χ1n) is 6.05. The molecule has 0 aliphatic rings. The molecule has 0 aromatic heterocycles. The minimum Gasteiger partial charge on any atom is -0.491 e. The number of rotatable bonds is 7. The summed E-state index contributed by atoms with van der Waals surface area (Å²) in [6, 6.07) is 4.83. The van der Waals surface area contributed by atoms with Crippen LogP contribution in [-0.4, -0.2) is 25.6 Å². The molecule has 3 N–H and O–H groups in total. The minimum absolute atomic E-state index is 0.0797. The lowest BCUT2D eigenvalue weighted by atomic mass is 10.1. The smallest absolute Gasteiger partial charge is 0.221 e. The SMILES string of the molecule is CCOc1ccc(CCNC(=O)CCN)cc1F. The molecule has 0 saturated heterocycles. The maximum Gasteiger partial charge on any atom is 0.221 e. The van der Waals surface area contributed by atoms with Crippen LogP contribution in [-0.2, 0) is 11.2 Å². The number of nitrogens with two attached hydrogens (primary N) is 1. The van der Waals surface area contributed by atoms with E-state index in [0.717, 1.165) is 5.56 Å². The van der Waals surface area contributed by atoms with Gasteiger partial charge in [0.15, 0.2) is 11.6 Å². The van der Waals surface area contributed by atoms with E-state index >= 15 is 0 Å². The average molecular weight is 254 g/mol. The van der Waals surface area contributed by atoms with Crippen LogP contribution < -0.4 is 15.8 Å². The lowest BCUT2D eigenvalue weighted by molar-refractivity contribution is -0.120. The van der Waals surface area contributed by atoms with Crippen LogP contribution in [0.1, 0.15) is 18.9 Å². The number of amides is 1. The van der Waals surface area contributed by atoms with E-state index in [-0.39, 0.29) is 17.5 Å². The molecule has 1 rings (SSSR count). The second-order valence-electron chi connectivity index (χ2n) is 3.84. The zero-order valence-electron chi connectivity index (χ0n) is 10.5. The normalized spacial score (nSPS) is 10.2. The first-order valence-corrected chi connectivity index (χ1v) is 6.05. The van der Waals surface area contributed by atoms with Crippen LogP contribution in [0.4, 0.5) is 4.39 Å². The third-order valence-electron chi connectivity index (χ3n) is 2.40. The van der Waals surface area contributed by atoms with E-state index in [1.54, 1.807) is 19.1 Å². The minimum atomic E-state index is -0.373. The fourth-order valence-corrected chi connectivity index (χ4v) is 1.54. The first-order chi connectivity index (χ1) is 8.67. The Bertz CT molecular complexity index is 397. The lowest BCUT2D eigenvalue weighted by Crippen LogP contribution is -2.27. The molecule has 0 heterocycles. The summed E-state index contributed by atoms with van der Waals surface area (Å²) in [6.07, 6.45) is 0.900. The van der Waals surface area contributed by atoms with E-state index in [1.165, 1.54) is 6.07 Å². The number of nitrogens with one attached hydrogen (secondary N) is 1. The van der Waals surface area contributed by atoms with E-state index in [4.69, 9.17) is 10.5 Å². The van der Waals surface area contributed by atoms with E-state index < -0.39 is 0 Å². The molecule has 1 amide bonds. The van der Waals surface area contributed by atoms with Crippen molar-refractivity contribution < 1.29 is 13.9 Å². The van der Waals surface area contributed by atoms with Crippen LogP contribution >= 0.6 is 0 Å². The highest BCUT2D eigenvalue weighted by Crippen LogP contribution is 2.18. The molecule has 0 spiro atoms. The van der Waals surface area contributed by atoms with Crippen molar-refractivity contribution in [3.05, 3.63) is 29.6 Å². The summed E-state index contributed by atoms with van der Waals surface area (Å²) in [5, 5.41) is 2.72. The van der Waals surface area contributed by atoms with E-state index in [1.807, 2.05) is 0 Å². The van der Waals surface area contributed by atoms with Gasteiger partial charge < -0.3 is 15.8 Å².